The van der Waals surface area contributed by atoms with Crippen LogP contribution in [-0.4, -0.2) is 16.1 Å². The summed E-state index contributed by atoms with van der Waals surface area (Å²) in [6, 6.07) is 5.87. The van der Waals surface area contributed by atoms with Crippen molar-refractivity contribution in [2.75, 3.05) is 0 Å². The average Bonchev–Trinajstić information content (AvgIpc) is 2.73. The molecule has 0 aliphatic rings. The second-order valence-corrected chi connectivity index (χ2v) is 3.58. The molecule has 0 N–H and O–H groups in total. The van der Waals surface area contributed by atoms with E-state index in [2.05, 4.69) is 5.10 Å². The summed E-state index contributed by atoms with van der Waals surface area (Å²) < 4.78 is 20.3. The lowest BCUT2D eigenvalue weighted by Crippen LogP contribution is -1.99. The summed E-state index contributed by atoms with van der Waals surface area (Å²) >= 11 is 0. The minimum absolute atomic E-state index is 0.112. The topological polar surface area (TPSA) is 44.1 Å². The van der Waals surface area contributed by atoms with E-state index in [1.807, 2.05) is 0 Å². The van der Waals surface area contributed by atoms with Crippen molar-refractivity contribution in [3.05, 3.63) is 47.5 Å². The molecule has 0 bridgehead atoms. The van der Waals surface area contributed by atoms with E-state index in [0.29, 0.717) is 12.0 Å². The number of ether oxygens (including phenoxy) is 1. The molecule has 1 heterocycles. The Labute approximate surface area is 97.6 Å². The number of carbonyl (C=O) groups is 1. The van der Waals surface area contributed by atoms with E-state index in [1.165, 1.54) is 12.1 Å². The molecule has 1 aromatic heterocycles. The summed E-state index contributed by atoms with van der Waals surface area (Å²) in [7, 11) is 1.79. The molecule has 5 heteroatoms. The molecule has 0 unspecified atom stereocenters. The summed E-state index contributed by atoms with van der Waals surface area (Å²) in [4.78, 5) is 10.4. The molecule has 0 aliphatic heterocycles. The highest BCUT2D eigenvalue weighted by atomic mass is 19.1. The van der Waals surface area contributed by atoms with Gasteiger partial charge < -0.3 is 4.74 Å². The summed E-state index contributed by atoms with van der Waals surface area (Å²) in [5.74, 6) is -0.438. The van der Waals surface area contributed by atoms with Gasteiger partial charge in [-0.1, -0.05) is 0 Å². The molecule has 4 nitrogen and oxygen atoms in total. The molecule has 1 aromatic carbocycles. The van der Waals surface area contributed by atoms with E-state index in [1.54, 1.807) is 24.0 Å². The Hall–Kier alpha value is -2.17. The Kier molecular flexibility index (Phi) is 3.18. The molecule has 0 fully saturated rings. The Bertz CT molecular complexity index is 537. The van der Waals surface area contributed by atoms with E-state index in [0.717, 1.165) is 6.07 Å². The van der Waals surface area contributed by atoms with Crippen molar-refractivity contribution < 1.29 is 13.9 Å². The van der Waals surface area contributed by atoms with E-state index in [-0.39, 0.29) is 17.9 Å². The van der Waals surface area contributed by atoms with Crippen molar-refractivity contribution in [1.29, 1.82) is 0 Å². The van der Waals surface area contributed by atoms with Crippen molar-refractivity contribution in [2.45, 2.75) is 6.61 Å². The van der Waals surface area contributed by atoms with Crippen LogP contribution in [0.2, 0.25) is 0 Å². The second-order valence-electron chi connectivity index (χ2n) is 3.58. The highest BCUT2D eigenvalue weighted by Crippen LogP contribution is 2.18. The molecule has 0 atom stereocenters. The van der Waals surface area contributed by atoms with Gasteiger partial charge in [-0.2, -0.15) is 5.10 Å². The molecular formula is C12H11FN2O2. The van der Waals surface area contributed by atoms with Crippen LogP contribution >= 0.6 is 0 Å². The van der Waals surface area contributed by atoms with E-state index >= 15 is 0 Å². The zero-order chi connectivity index (χ0) is 12.3. The van der Waals surface area contributed by atoms with Crippen molar-refractivity contribution in [1.82, 2.24) is 9.78 Å². The van der Waals surface area contributed by atoms with Crippen LogP contribution in [0.5, 0.6) is 5.75 Å². The minimum atomic E-state index is -0.550. The van der Waals surface area contributed by atoms with Gasteiger partial charge in [0.25, 0.3) is 0 Å². The lowest BCUT2D eigenvalue weighted by Gasteiger charge is -2.05. The average molecular weight is 234 g/mol. The first-order valence-corrected chi connectivity index (χ1v) is 5.05. The van der Waals surface area contributed by atoms with Gasteiger partial charge in [0.15, 0.2) is 11.6 Å². The van der Waals surface area contributed by atoms with Gasteiger partial charge in [0.2, 0.25) is 0 Å². The van der Waals surface area contributed by atoms with E-state index in [9.17, 15) is 9.18 Å². The molecule has 0 radical (unpaired) electrons. The monoisotopic (exact) mass is 234 g/mol. The maximum atomic E-state index is 13.4. The summed E-state index contributed by atoms with van der Waals surface area (Å²) in [6.45, 7) is 0.193. The van der Waals surface area contributed by atoms with Gasteiger partial charge in [-0.05, 0) is 24.3 Å². The molecule has 0 saturated carbocycles. The lowest BCUT2D eigenvalue weighted by molar-refractivity contribution is 0.112. The summed E-state index contributed by atoms with van der Waals surface area (Å²) in [5, 5.41) is 4.10. The molecular weight excluding hydrogens is 223 g/mol. The third-order valence-electron chi connectivity index (χ3n) is 2.24. The highest BCUT2D eigenvalue weighted by Gasteiger charge is 2.05. The number of carbonyl (C=O) groups excluding carboxylic acids is 1. The predicted octanol–water partition coefficient (Wildman–Crippen LogP) is 1.95. The quantitative estimate of drug-likeness (QED) is 0.759. The predicted molar refractivity (Wildman–Crippen MR) is 59.3 cm³/mol. The van der Waals surface area contributed by atoms with Crippen LogP contribution in [0.1, 0.15) is 16.1 Å². The standard InChI is InChI=1S/C12H11FN2O2/c1-15-5-4-10(14-15)8-17-12-3-2-9(7-16)6-11(12)13/h2-7H,8H2,1H3. The van der Waals surface area contributed by atoms with Crippen LogP contribution in [-0.2, 0) is 13.7 Å². The third-order valence-corrected chi connectivity index (χ3v) is 2.24. The van der Waals surface area contributed by atoms with Gasteiger partial charge >= 0.3 is 0 Å². The largest absolute Gasteiger partial charge is 0.484 e. The fourth-order valence-corrected chi connectivity index (χ4v) is 1.40. The number of aryl methyl sites for hydroxylation is 1. The van der Waals surface area contributed by atoms with Crippen LogP contribution in [0.4, 0.5) is 4.39 Å². The Balaban J connectivity index is 2.06. The normalized spacial score (nSPS) is 10.2. The van der Waals surface area contributed by atoms with Gasteiger partial charge in [0.05, 0.1) is 5.69 Å². The summed E-state index contributed by atoms with van der Waals surface area (Å²) in [6.07, 6.45) is 2.37. The zero-order valence-electron chi connectivity index (χ0n) is 9.26. The number of nitrogens with zero attached hydrogens (tertiary/aromatic N) is 2. The smallest absolute Gasteiger partial charge is 0.165 e. The maximum absolute atomic E-state index is 13.4. The number of aldehydes is 1. The van der Waals surface area contributed by atoms with E-state index < -0.39 is 5.82 Å². The number of hydrogen-bond acceptors (Lipinski definition) is 3. The maximum Gasteiger partial charge on any atom is 0.165 e. The van der Waals surface area contributed by atoms with Crippen LogP contribution in [0.15, 0.2) is 30.5 Å². The molecule has 0 amide bonds. The van der Waals surface area contributed by atoms with Crippen LogP contribution < -0.4 is 4.74 Å². The van der Waals surface area contributed by atoms with Crippen LogP contribution in [0.3, 0.4) is 0 Å². The van der Waals surface area contributed by atoms with Gasteiger partial charge in [0, 0.05) is 18.8 Å². The molecule has 0 spiro atoms. The fourth-order valence-electron chi connectivity index (χ4n) is 1.40. The third kappa shape index (κ3) is 2.69. The number of hydrogen-bond donors (Lipinski definition) is 0. The minimum Gasteiger partial charge on any atom is -0.484 e. The summed E-state index contributed by atoms with van der Waals surface area (Å²) in [5.41, 5.74) is 0.999. The van der Waals surface area contributed by atoms with Crippen LogP contribution in [0, 0.1) is 5.82 Å². The Morgan fingerprint density at radius 1 is 1.47 bits per heavy atom. The first-order chi connectivity index (χ1) is 8.19. The number of rotatable bonds is 4. The fraction of sp³-hybridized carbons (Fsp3) is 0.167. The molecule has 2 aromatic rings. The number of benzene rings is 1. The molecule has 0 aliphatic carbocycles. The van der Waals surface area contributed by atoms with Crippen molar-refractivity contribution in [3.63, 3.8) is 0 Å². The first kappa shape index (κ1) is 11.3. The number of aromatic nitrogens is 2. The highest BCUT2D eigenvalue weighted by molar-refractivity contribution is 5.74. The molecule has 0 saturated heterocycles. The van der Waals surface area contributed by atoms with E-state index in [4.69, 9.17) is 4.74 Å². The second kappa shape index (κ2) is 4.78. The molecule has 17 heavy (non-hydrogen) atoms. The van der Waals surface area contributed by atoms with Crippen molar-refractivity contribution in [2.24, 2.45) is 7.05 Å². The van der Waals surface area contributed by atoms with Gasteiger partial charge in [-0.3, -0.25) is 9.48 Å². The molecule has 88 valence electrons. The zero-order valence-corrected chi connectivity index (χ0v) is 9.26. The lowest BCUT2D eigenvalue weighted by atomic mass is 10.2. The van der Waals surface area contributed by atoms with Crippen LogP contribution in [0.25, 0.3) is 0 Å². The molecule has 2 rings (SSSR count). The number of halogens is 1. The Morgan fingerprint density at radius 2 is 2.29 bits per heavy atom. The Morgan fingerprint density at radius 3 is 2.88 bits per heavy atom. The SMILES string of the molecule is Cn1ccc(COc2ccc(C=O)cc2F)n1. The van der Waals surface area contributed by atoms with Crippen molar-refractivity contribution in [3.8, 4) is 5.75 Å². The van der Waals surface area contributed by atoms with Gasteiger partial charge in [0.1, 0.15) is 12.9 Å². The van der Waals surface area contributed by atoms with Crippen molar-refractivity contribution >= 4 is 6.29 Å². The van der Waals surface area contributed by atoms with Gasteiger partial charge in [-0.15, -0.1) is 0 Å². The first-order valence-electron chi connectivity index (χ1n) is 5.05. The van der Waals surface area contributed by atoms with Gasteiger partial charge in [-0.25, -0.2) is 4.39 Å².